The van der Waals surface area contributed by atoms with Crippen LogP contribution < -0.4 is 10.1 Å². The van der Waals surface area contributed by atoms with Crippen LogP contribution >= 0.6 is 0 Å². The van der Waals surface area contributed by atoms with Gasteiger partial charge in [0.05, 0.1) is 19.9 Å². The molecule has 0 aliphatic heterocycles. The molecule has 0 radical (unpaired) electrons. The highest BCUT2D eigenvalue weighted by Gasteiger charge is 2.10. The Hall–Kier alpha value is -3.20. The van der Waals surface area contributed by atoms with Gasteiger partial charge in [-0.2, -0.15) is 5.26 Å². The second kappa shape index (κ2) is 6.99. The Bertz CT molecular complexity index is 727. The third-order valence-corrected chi connectivity index (χ3v) is 2.88. The number of nitrogens with zero attached hydrogens (tertiary/aromatic N) is 1. The molecule has 112 valence electrons. The summed E-state index contributed by atoms with van der Waals surface area (Å²) in [6, 6.07) is 9.83. The van der Waals surface area contributed by atoms with E-state index < -0.39 is 5.91 Å². The van der Waals surface area contributed by atoms with Crippen LogP contribution in [0.25, 0.3) is 6.08 Å². The molecule has 1 amide bonds. The number of carbonyl (C=O) groups is 1. The van der Waals surface area contributed by atoms with E-state index in [0.717, 1.165) is 0 Å². The first-order valence-corrected chi connectivity index (χ1v) is 6.43. The lowest BCUT2D eigenvalue weighted by atomic mass is 10.1. The average Bonchev–Trinajstić information content (AvgIpc) is 3.05. The molecule has 0 aliphatic carbocycles. The molecular formula is C16H14N2O4. The molecule has 1 heterocycles. The van der Waals surface area contributed by atoms with E-state index in [1.807, 2.05) is 6.07 Å². The lowest BCUT2D eigenvalue weighted by Crippen LogP contribution is -2.23. The average molecular weight is 298 g/mol. The Kier molecular flexibility index (Phi) is 4.83. The summed E-state index contributed by atoms with van der Waals surface area (Å²) in [5.74, 6) is 0.338. The van der Waals surface area contributed by atoms with Gasteiger partial charge in [0.1, 0.15) is 17.4 Å². The van der Waals surface area contributed by atoms with Crippen molar-refractivity contribution in [3.63, 3.8) is 0 Å². The number of phenols is 1. The van der Waals surface area contributed by atoms with Crippen LogP contribution in [-0.2, 0) is 11.3 Å². The highest BCUT2D eigenvalue weighted by Crippen LogP contribution is 2.27. The van der Waals surface area contributed by atoms with Crippen LogP contribution in [-0.4, -0.2) is 18.1 Å². The number of carbonyl (C=O) groups excluding carboxylic acids is 1. The predicted octanol–water partition coefficient (Wildman–Crippen LogP) is 2.22. The molecule has 1 aromatic heterocycles. The molecule has 6 heteroatoms. The second-order valence-corrected chi connectivity index (χ2v) is 4.36. The van der Waals surface area contributed by atoms with Crippen LogP contribution in [0.15, 0.2) is 46.6 Å². The first-order chi connectivity index (χ1) is 10.6. The number of nitriles is 1. The fourth-order valence-corrected chi connectivity index (χ4v) is 1.78. The minimum absolute atomic E-state index is 0.0135. The zero-order valence-corrected chi connectivity index (χ0v) is 11.9. The Balaban J connectivity index is 2.13. The first kappa shape index (κ1) is 15.2. The highest BCUT2D eigenvalue weighted by molar-refractivity contribution is 6.01. The van der Waals surface area contributed by atoms with E-state index in [1.165, 1.54) is 31.6 Å². The molecule has 6 nitrogen and oxygen atoms in total. The van der Waals surface area contributed by atoms with Gasteiger partial charge in [-0.25, -0.2) is 0 Å². The van der Waals surface area contributed by atoms with Gasteiger partial charge in [-0.3, -0.25) is 4.79 Å². The van der Waals surface area contributed by atoms with Gasteiger partial charge in [-0.05, 0) is 35.9 Å². The maximum atomic E-state index is 12.0. The van der Waals surface area contributed by atoms with E-state index >= 15 is 0 Å². The fourth-order valence-electron chi connectivity index (χ4n) is 1.78. The number of nitrogens with one attached hydrogen (secondary N) is 1. The van der Waals surface area contributed by atoms with Crippen molar-refractivity contribution in [2.45, 2.75) is 6.54 Å². The van der Waals surface area contributed by atoms with Crippen molar-refractivity contribution in [2.75, 3.05) is 7.11 Å². The number of phenolic OH excluding ortho intramolecular Hbond substituents is 1. The smallest absolute Gasteiger partial charge is 0.262 e. The summed E-state index contributed by atoms with van der Waals surface area (Å²) in [6.45, 7) is 0.198. The van der Waals surface area contributed by atoms with Crippen molar-refractivity contribution < 1.29 is 19.1 Å². The largest absolute Gasteiger partial charge is 0.504 e. The van der Waals surface area contributed by atoms with Crippen LogP contribution in [0.1, 0.15) is 11.3 Å². The van der Waals surface area contributed by atoms with Crippen molar-refractivity contribution in [1.29, 1.82) is 5.26 Å². The molecule has 0 spiro atoms. The summed E-state index contributed by atoms with van der Waals surface area (Å²) < 4.78 is 10.1. The van der Waals surface area contributed by atoms with Crippen LogP contribution in [0.2, 0.25) is 0 Å². The maximum Gasteiger partial charge on any atom is 0.262 e. The Morgan fingerprint density at radius 1 is 1.50 bits per heavy atom. The molecule has 1 aromatic carbocycles. The minimum atomic E-state index is -0.508. The van der Waals surface area contributed by atoms with Gasteiger partial charge in [0.25, 0.3) is 5.91 Å². The number of benzene rings is 1. The number of hydrogen-bond donors (Lipinski definition) is 2. The van der Waals surface area contributed by atoms with Crippen LogP contribution in [0, 0.1) is 11.3 Å². The third-order valence-electron chi connectivity index (χ3n) is 2.88. The highest BCUT2D eigenvalue weighted by atomic mass is 16.5. The Morgan fingerprint density at radius 2 is 2.32 bits per heavy atom. The molecule has 0 bridgehead atoms. The number of methoxy groups -OCH3 is 1. The van der Waals surface area contributed by atoms with Gasteiger partial charge < -0.3 is 19.6 Å². The standard InChI is InChI=1S/C16H14N2O4/c1-21-15-8-11(4-5-14(15)19)7-12(9-17)16(20)18-10-13-3-2-6-22-13/h2-8,19H,10H2,1H3,(H,18,20)/b12-7-. The zero-order valence-electron chi connectivity index (χ0n) is 11.9. The topological polar surface area (TPSA) is 95.5 Å². The summed E-state index contributed by atoms with van der Waals surface area (Å²) in [5, 5.41) is 21.2. The molecule has 0 fully saturated rings. The first-order valence-electron chi connectivity index (χ1n) is 6.43. The molecule has 22 heavy (non-hydrogen) atoms. The molecule has 0 saturated carbocycles. The number of aromatic hydroxyl groups is 1. The number of ether oxygens (including phenoxy) is 1. The zero-order chi connectivity index (χ0) is 15.9. The fraction of sp³-hybridized carbons (Fsp3) is 0.125. The molecule has 2 rings (SSSR count). The summed E-state index contributed by atoms with van der Waals surface area (Å²) >= 11 is 0. The quantitative estimate of drug-likeness (QED) is 0.652. The van der Waals surface area contributed by atoms with Crippen molar-refractivity contribution in [3.8, 4) is 17.6 Å². The van der Waals surface area contributed by atoms with Gasteiger partial charge >= 0.3 is 0 Å². The van der Waals surface area contributed by atoms with Gasteiger partial charge in [0, 0.05) is 0 Å². The molecule has 0 unspecified atom stereocenters. The molecule has 0 saturated heterocycles. The monoisotopic (exact) mass is 298 g/mol. The second-order valence-electron chi connectivity index (χ2n) is 4.36. The van der Waals surface area contributed by atoms with Crippen molar-refractivity contribution >= 4 is 12.0 Å². The van der Waals surface area contributed by atoms with Crippen molar-refractivity contribution in [1.82, 2.24) is 5.32 Å². The van der Waals surface area contributed by atoms with E-state index in [2.05, 4.69) is 5.32 Å². The molecule has 0 aliphatic rings. The van der Waals surface area contributed by atoms with E-state index in [-0.39, 0.29) is 23.6 Å². The van der Waals surface area contributed by atoms with Crippen LogP contribution in [0.5, 0.6) is 11.5 Å². The minimum Gasteiger partial charge on any atom is -0.504 e. The van der Waals surface area contributed by atoms with E-state index in [9.17, 15) is 9.90 Å². The van der Waals surface area contributed by atoms with Gasteiger partial charge in [-0.15, -0.1) is 0 Å². The number of rotatable bonds is 5. The molecule has 0 atom stereocenters. The number of furan rings is 1. The van der Waals surface area contributed by atoms with Crippen LogP contribution in [0.4, 0.5) is 0 Å². The van der Waals surface area contributed by atoms with Crippen molar-refractivity contribution in [2.24, 2.45) is 0 Å². The SMILES string of the molecule is COc1cc(/C=C(/C#N)C(=O)NCc2ccco2)ccc1O. The van der Waals surface area contributed by atoms with E-state index in [1.54, 1.807) is 18.2 Å². The Morgan fingerprint density at radius 3 is 2.95 bits per heavy atom. The lowest BCUT2D eigenvalue weighted by molar-refractivity contribution is -0.117. The number of hydrogen-bond acceptors (Lipinski definition) is 5. The summed E-state index contributed by atoms with van der Waals surface area (Å²) in [7, 11) is 1.42. The maximum absolute atomic E-state index is 12.0. The number of amides is 1. The van der Waals surface area contributed by atoms with E-state index in [4.69, 9.17) is 14.4 Å². The van der Waals surface area contributed by atoms with Crippen molar-refractivity contribution in [3.05, 3.63) is 53.5 Å². The van der Waals surface area contributed by atoms with Gasteiger partial charge in [0.2, 0.25) is 0 Å². The third kappa shape index (κ3) is 3.67. The lowest BCUT2D eigenvalue weighted by Gasteiger charge is -2.05. The molecule has 2 N–H and O–H groups in total. The molecular weight excluding hydrogens is 284 g/mol. The van der Waals surface area contributed by atoms with Crippen LogP contribution in [0.3, 0.4) is 0 Å². The van der Waals surface area contributed by atoms with Gasteiger partial charge in [-0.1, -0.05) is 6.07 Å². The Labute approximate surface area is 127 Å². The summed E-state index contributed by atoms with van der Waals surface area (Å²) in [6.07, 6.45) is 2.92. The normalized spacial score (nSPS) is 10.8. The predicted molar refractivity (Wildman–Crippen MR) is 78.8 cm³/mol. The molecule has 2 aromatic rings. The van der Waals surface area contributed by atoms with Gasteiger partial charge in [0.15, 0.2) is 11.5 Å². The van der Waals surface area contributed by atoms with E-state index in [0.29, 0.717) is 11.3 Å². The summed E-state index contributed by atoms with van der Waals surface area (Å²) in [4.78, 5) is 12.0. The summed E-state index contributed by atoms with van der Waals surface area (Å²) in [5.41, 5.74) is 0.513.